The van der Waals surface area contributed by atoms with Crippen LogP contribution in [-0.4, -0.2) is 58.8 Å². The number of piperazine rings is 1. The molecule has 1 aromatic heterocycles. The highest BCUT2D eigenvalue weighted by Gasteiger charge is 2.28. The smallest absolute Gasteiger partial charge is 0.0923 e. The van der Waals surface area contributed by atoms with E-state index in [1.807, 2.05) is 24.3 Å². The number of nitrogen functional groups attached to an aromatic ring is 1. The average Bonchev–Trinajstić information content (AvgIpc) is 3.13. The number of benzene rings is 1. The van der Waals surface area contributed by atoms with Gasteiger partial charge in [-0.15, -0.1) is 0 Å². The monoisotopic (exact) mass is 339 g/mol. The van der Waals surface area contributed by atoms with Crippen LogP contribution in [0.15, 0.2) is 36.5 Å². The highest BCUT2D eigenvalue weighted by molar-refractivity contribution is 5.61. The van der Waals surface area contributed by atoms with Gasteiger partial charge < -0.3 is 10.6 Å². The Labute approximate surface area is 150 Å². The van der Waals surface area contributed by atoms with E-state index in [2.05, 4.69) is 33.8 Å². The molecule has 1 aliphatic heterocycles. The molecule has 0 unspecified atom stereocenters. The Morgan fingerprint density at radius 3 is 2.20 bits per heavy atom. The van der Waals surface area contributed by atoms with E-state index >= 15 is 0 Å². The molecule has 2 aliphatic rings. The summed E-state index contributed by atoms with van der Waals surface area (Å²) in [6.45, 7) is 4.89. The van der Waals surface area contributed by atoms with Crippen molar-refractivity contribution in [3.05, 3.63) is 36.5 Å². The molecule has 2 aromatic rings. The molecule has 0 bridgehead atoms. The van der Waals surface area contributed by atoms with Crippen LogP contribution in [0, 0.1) is 0 Å². The maximum Gasteiger partial charge on any atom is 0.0923 e. The Balaban J connectivity index is 1.36. The van der Waals surface area contributed by atoms with Gasteiger partial charge in [0.05, 0.1) is 11.7 Å². The van der Waals surface area contributed by atoms with Crippen molar-refractivity contribution in [3.8, 4) is 11.3 Å². The lowest BCUT2D eigenvalue weighted by Gasteiger charge is -2.41. The lowest BCUT2D eigenvalue weighted by atomic mass is 9.90. The fourth-order valence-corrected chi connectivity index (χ4v) is 4.22. The van der Waals surface area contributed by atoms with Gasteiger partial charge in [-0.2, -0.15) is 5.10 Å². The third kappa shape index (κ3) is 3.72. The highest BCUT2D eigenvalue weighted by atomic mass is 15.3. The van der Waals surface area contributed by atoms with Crippen molar-refractivity contribution in [2.75, 3.05) is 39.0 Å². The van der Waals surface area contributed by atoms with Gasteiger partial charge in [0.15, 0.2) is 0 Å². The quantitative estimate of drug-likeness (QED) is 0.874. The molecule has 2 fully saturated rings. The molecular weight excluding hydrogens is 310 g/mol. The first-order valence-corrected chi connectivity index (χ1v) is 9.53. The molecule has 0 radical (unpaired) electrons. The Kier molecular flexibility index (Phi) is 4.77. The predicted molar refractivity (Wildman–Crippen MR) is 102 cm³/mol. The number of aromatic nitrogens is 2. The van der Waals surface area contributed by atoms with Crippen LogP contribution in [0.25, 0.3) is 11.3 Å². The molecule has 1 aromatic carbocycles. The van der Waals surface area contributed by atoms with Gasteiger partial charge in [0.25, 0.3) is 0 Å². The molecule has 1 aliphatic carbocycles. The molecule has 25 heavy (non-hydrogen) atoms. The minimum Gasteiger partial charge on any atom is -0.399 e. The lowest BCUT2D eigenvalue weighted by Crippen LogP contribution is -2.49. The second kappa shape index (κ2) is 7.18. The van der Waals surface area contributed by atoms with Crippen molar-refractivity contribution >= 4 is 5.69 Å². The van der Waals surface area contributed by atoms with Gasteiger partial charge in [0.1, 0.15) is 0 Å². The van der Waals surface area contributed by atoms with Crippen molar-refractivity contribution in [2.45, 2.75) is 37.8 Å². The van der Waals surface area contributed by atoms with Gasteiger partial charge in [-0.1, -0.05) is 12.1 Å². The molecule has 134 valence electrons. The normalized spacial score (nSPS) is 26.0. The number of likely N-dealkylation sites (N-methyl/N-ethyl adjacent to an activating group) is 1. The first-order valence-electron chi connectivity index (χ1n) is 9.53. The predicted octanol–water partition coefficient (Wildman–Crippen LogP) is 2.86. The van der Waals surface area contributed by atoms with Crippen LogP contribution in [0.2, 0.25) is 0 Å². The zero-order valence-electron chi connectivity index (χ0n) is 15.1. The summed E-state index contributed by atoms with van der Waals surface area (Å²) >= 11 is 0. The number of hydrogen-bond acceptors (Lipinski definition) is 4. The van der Waals surface area contributed by atoms with Crippen LogP contribution >= 0.6 is 0 Å². The number of anilines is 1. The molecule has 2 N–H and O–H groups in total. The van der Waals surface area contributed by atoms with Gasteiger partial charge >= 0.3 is 0 Å². The molecule has 0 atom stereocenters. The molecule has 0 spiro atoms. The summed E-state index contributed by atoms with van der Waals surface area (Å²) in [5.74, 6) is 0. The van der Waals surface area contributed by atoms with Gasteiger partial charge in [-0.3, -0.25) is 9.58 Å². The topological polar surface area (TPSA) is 50.3 Å². The Bertz CT molecular complexity index is 676. The summed E-state index contributed by atoms with van der Waals surface area (Å²) in [5.41, 5.74) is 8.75. The van der Waals surface area contributed by atoms with Crippen molar-refractivity contribution in [1.29, 1.82) is 0 Å². The number of nitrogens with zero attached hydrogens (tertiary/aromatic N) is 4. The summed E-state index contributed by atoms with van der Waals surface area (Å²) in [6, 6.07) is 11.4. The molecule has 5 nitrogen and oxygen atoms in total. The highest BCUT2D eigenvalue weighted by Crippen LogP contribution is 2.32. The summed E-state index contributed by atoms with van der Waals surface area (Å²) in [4.78, 5) is 5.14. The van der Waals surface area contributed by atoms with Gasteiger partial charge in [0.2, 0.25) is 0 Å². The van der Waals surface area contributed by atoms with Gasteiger partial charge in [0, 0.05) is 49.7 Å². The summed E-state index contributed by atoms with van der Waals surface area (Å²) in [5, 5.41) is 4.84. The molecular formula is C20H29N5. The van der Waals surface area contributed by atoms with Crippen molar-refractivity contribution in [1.82, 2.24) is 19.6 Å². The first-order chi connectivity index (χ1) is 12.2. The second-order valence-corrected chi connectivity index (χ2v) is 7.60. The van der Waals surface area contributed by atoms with E-state index in [1.165, 1.54) is 51.9 Å². The summed E-state index contributed by atoms with van der Waals surface area (Å²) in [6.07, 6.45) is 7.21. The minimum absolute atomic E-state index is 0.547. The van der Waals surface area contributed by atoms with Crippen molar-refractivity contribution in [2.24, 2.45) is 0 Å². The first kappa shape index (κ1) is 16.6. The number of rotatable bonds is 3. The Morgan fingerprint density at radius 1 is 0.880 bits per heavy atom. The van der Waals surface area contributed by atoms with Crippen molar-refractivity contribution in [3.63, 3.8) is 0 Å². The average molecular weight is 339 g/mol. The van der Waals surface area contributed by atoms with Gasteiger partial charge in [-0.25, -0.2) is 0 Å². The zero-order chi connectivity index (χ0) is 17.2. The van der Waals surface area contributed by atoms with Crippen LogP contribution in [-0.2, 0) is 0 Å². The van der Waals surface area contributed by atoms with Crippen LogP contribution < -0.4 is 5.73 Å². The van der Waals surface area contributed by atoms with E-state index in [-0.39, 0.29) is 0 Å². The SMILES string of the molecule is CN1CCN([C@H]2CC[C@H](n3ccc(-c4ccc(N)cc4)n3)CC2)CC1. The summed E-state index contributed by atoms with van der Waals surface area (Å²) < 4.78 is 2.19. The zero-order valence-corrected chi connectivity index (χ0v) is 15.1. The molecule has 1 saturated heterocycles. The molecule has 5 heteroatoms. The molecule has 1 saturated carbocycles. The van der Waals surface area contributed by atoms with E-state index in [1.54, 1.807) is 0 Å². The fourth-order valence-electron chi connectivity index (χ4n) is 4.22. The van der Waals surface area contributed by atoms with E-state index < -0.39 is 0 Å². The van der Waals surface area contributed by atoms with E-state index in [0.717, 1.165) is 23.0 Å². The molecule has 0 amide bonds. The third-order valence-corrected chi connectivity index (χ3v) is 5.91. The summed E-state index contributed by atoms with van der Waals surface area (Å²) in [7, 11) is 2.23. The van der Waals surface area contributed by atoms with Crippen LogP contribution in [0.5, 0.6) is 0 Å². The Hall–Kier alpha value is -1.85. The third-order valence-electron chi connectivity index (χ3n) is 5.91. The number of hydrogen-bond donors (Lipinski definition) is 1. The largest absolute Gasteiger partial charge is 0.399 e. The van der Waals surface area contributed by atoms with Crippen molar-refractivity contribution < 1.29 is 0 Å². The molecule has 4 rings (SSSR count). The lowest BCUT2D eigenvalue weighted by molar-refractivity contribution is 0.0811. The number of nitrogens with two attached hydrogens (primary N) is 1. The maximum atomic E-state index is 5.78. The van der Waals surface area contributed by atoms with Crippen LogP contribution in [0.4, 0.5) is 5.69 Å². The van der Waals surface area contributed by atoms with Crippen LogP contribution in [0.1, 0.15) is 31.7 Å². The maximum absolute atomic E-state index is 5.78. The second-order valence-electron chi connectivity index (χ2n) is 7.60. The van der Waals surface area contributed by atoms with Crippen LogP contribution in [0.3, 0.4) is 0 Å². The van der Waals surface area contributed by atoms with Gasteiger partial charge in [-0.05, 0) is 50.9 Å². The standard InChI is InChI=1S/C20H29N5/c1-23-12-14-24(15-13-23)18-6-8-19(9-7-18)25-11-10-20(22-25)16-2-4-17(21)5-3-16/h2-5,10-11,18-19H,6-9,12-15,21H2,1H3/t18-,19-. The van der Waals surface area contributed by atoms with E-state index in [9.17, 15) is 0 Å². The fraction of sp³-hybridized carbons (Fsp3) is 0.550. The Morgan fingerprint density at radius 2 is 1.52 bits per heavy atom. The molecule has 2 heterocycles. The minimum atomic E-state index is 0.547. The van der Waals surface area contributed by atoms with E-state index in [4.69, 9.17) is 10.8 Å². The van der Waals surface area contributed by atoms with E-state index in [0.29, 0.717) is 6.04 Å².